The third kappa shape index (κ3) is 5.46. The minimum absolute atomic E-state index is 0. The Morgan fingerprint density at radius 3 is 2.48 bits per heavy atom. The lowest BCUT2D eigenvalue weighted by atomic mass is 9.92. The van der Waals surface area contributed by atoms with Crippen LogP contribution >= 0.6 is 24.8 Å². The zero-order chi connectivity index (χ0) is 18.6. The number of ether oxygens (including phenoxy) is 1. The van der Waals surface area contributed by atoms with Crippen LogP contribution in [0.1, 0.15) is 12.8 Å². The summed E-state index contributed by atoms with van der Waals surface area (Å²) in [6, 6.07) is 19.5. The molecule has 2 aromatic carbocycles. The molecule has 0 aliphatic carbocycles. The number of benzene rings is 2. The van der Waals surface area contributed by atoms with Gasteiger partial charge in [-0.3, -0.25) is 4.79 Å². The van der Waals surface area contributed by atoms with Crippen molar-refractivity contribution in [2.24, 2.45) is 11.7 Å². The van der Waals surface area contributed by atoms with Gasteiger partial charge in [-0.25, -0.2) is 4.98 Å². The summed E-state index contributed by atoms with van der Waals surface area (Å²) in [5.74, 6) is 0.487. The van der Waals surface area contributed by atoms with Gasteiger partial charge < -0.3 is 15.8 Å². The summed E-state index contributed by atoms with van der Waals surface area (Å²) in [6.45, 7) is 1.34. The average Bonchev–Trinajstić information content (AvgIpc) is 2.73. The van der Waals surface area contributed by atoms with Gasteiger partial charge in [-0.1, -0.05) is 42.5 Å². The van der Waals surface area contributed by atoms with E-state index in [9.17, 15) is 4.79 Å². The lowest BCUT2D eigenvalue weighted by Gasteiger charge is -2.26. The molecule has 1 atom stereocenters. The third-order valence-electron chi connectivity index (χ3n) is 5.12. The maximum absolute atomic E-state index is 12.5. The topological polar surface area (TPSA) is 77.2 Å². The van der Waals surface area contributed by atoms with Crippen molar-refractivity contribution in [2.45, 2.75) is 18.9 Å². The fourth-order valence-corrected chi connectivity index (χ4v) is 3.51. The molecule has 1 aliphatic heterocycles. The van der Waals surface area contributed by atoms with Crippen LogP contribution in [0.25, 0.3) is 22.0 Å². The number of rotatable bonds is 4. The molecule has 7 heteroatoms. The van der Waals surface area contributed by atoms with Crippen LogP contribution in [0.2, 0.25) is 0 Å². The van der Waals surface area contributed by atoms with E-state index in [1.54, 1.807) is 6.07 Å². The number of fused-ring (bicyclic) bond motifs is 1. The highest BCUT2D eigenvalue weighted by atomic mass is 35.5. The quantitative estimate of drug-likeness (QED) is 0.637. The zero-order valence-corrected chi connectivity index (χ0v) is 17.5. The van der Waals surface area contributed by atoms with Crippen molar-refractivity contribution in [1.82, 2.24) is 4.98 Å². The third-order valence-corrected chi connectivity index (χ3v) is 5.12. The summed E-state index contributed by atoms with van der Waals surface area (Å²) in [6.07, 6.45) is 1.64. The van der Waals surface area contributed by atoms with Crippen molar-refractivity contribution in [3.63, 3.8) is 0 Å². The van der Waals surface area contributed by atoms with E-state index in [1.165, 1.54) is 5.39 Å². The lowest BCUT2D eigenvalue weighted by Crippen LogP contribution is -2.44. The maximum Gasteiger partial charge on any atom is 0.242 e. The fourth-order valence-electron chi connectivity index (χ4n) is 3.51. The zero-order valence-electron chi connectivity index (χ0n) is 15.9. The van der Waals surface area contributed by atoms with Gasteiger partial charge in [0.2, 0.25) is 5.91 Å². The maximum atomic E-state index is 12.5. The highest BCUT2D eigenvalue weighted by Gasteiger charge is 2.26. The molecule has 2 heterocycles. The second-order valence-electron chi connectivity index (χ2n) is 6.93. The van der Waals surface area contributed by atoms with Crippen molar-refractivity contribution in [2.75, 3.05) is 18.5 Å². The first-order valence-corrected chi connectivity index (χ1v) is 9.31. The summed E-state index contributed by atoms with van der Waals surface area (Å²) in [7, 11) is 0. The van der Waals surface area contributed by atoms with Gasteiger partial charge in [0, 0.05) is 18.8 Å². The first-order chi connectivity index (χ1) is 13.2. The van der Waals surface area contributed by atoms with Crippen LogP contribution in [0, 0.1) is 5.92 Å². The van der Waals surface area contributed by atoms with E-state index >= 15 is 0 Å². The number of halogens is 2. The molecule has 0 radical (unpaired) electrons. The first kappa shape index (κ1) is 23.1. The van der Waals surface area contributed by atoms with E-state index < -0.39 is 6.04 Å². The molecule has 1 aliphatic rings. The molecule has 1 aromatic heterocycles. The summed E-state index contributed by atoms with van der Waals surface area (Å²) in [4.78, 5) is 17.1. The molecule has 1 saturated heterocycles. The Balaban J connectivity index is 0.00000150. The van der Waals surface area contributed by atoms with Crippen molar-refractivity contribution < 1.29 is 9.53 Å². The molecule has 0 saturated carbocycles. The Morgan fingerprint density at radius 1 is 1.00 bits per heavy atom. The number of nitrogens with zero attached hydrogens (tertiary/aromatic N) is 1. The molecule has 0 bridgehead atoms. The van der Waals surface area contributed by atoms with Gasteiger partial charge in [-0.2, -0.15) is 0 Å². The van der Waals surface area contributed by atoms with Gasteiger partial charge in [0.25, 0.3) is 0 Å². The smallest absolute Gasteiger partial charge is 0.242 e. The van der Waals surface area contributed by atoms with Gasteiger partial charge in [-0.15, -0.1) is 24.8 Å². The molecule has 1 fully saturated rings. The van der Waals surface area contributed by atoms with E-state index in [-0.39, 0.29) is 36.6 Å². The molecular weight excluding hydrogens is 409 g/mol. The SMILES string of the molecule is Cl.Cl.NC(C(=O)Nc1cccc(-c2ccc3ccccc3c2)n1)C1CCOCC1. The van der Waals surface area contributed by atoms with Crippen LogP contribution in [0.5, 0.6) is 0 Å². The number of nitrogens with two attached hydrogens (primary N) is 1. The molecule has 5 nitrogen and oxygen atoms in total. The summed E-state index contributed by atoms with van der Waals surface area (Å²) >= 11 is 0. The van der Waals surface area contributed by atoms with Gasteiger partial charge >= 0.3 is 0 Å². The molecule has 29 heavy (non-hydrogen) atoms. The average molecular weight is 434 g/mol. The number of carbonyl (C=O) groups excluding carboxylic acids is 1. The number of anilines is 1. The normalized spacial score (nSPS) is 15.1. The molecule has 1 unspecified atom stereocenters. The molecule has 3 aromatic rings. The van der Waals surface area contributed by atoms with Crippen LogP contribution in [0.4, 0.5) is 5.82 Å². The van der Waals surface area contributed by atoms with Crippen molar-refractivity contribution >= 4 is 47.3 Å². The van der Waals surface area contributed by atoms with Crippen LogP contribution in [-0.4, -0.2) is 30.1 Å². The van der Waals surface area contributed by atoms with Gasteiger partial charge in [0.15, 0.2) is 0 Å². The Bertz CT molecular complexity index is 961. The van der Waals surface area contributed by atoms with Crippen LogP contribution < -0.4 is 11.1 Å². The molecule has 4 rings (SSSR count). The second-order valence-corrected chi connectivity index (χ2v) is 6.93. The van der Waals surface area contributed by atoms with Crippen molar-refractivity contribution in [1.29, 1.82) is 0 Å². The van der Waals surface area contributed by atoms with Crippen LogP contribution in [-0.2, 0) is 9.53 Å². The molecular formula is C22H25Cl2N3O2. The monoisotopic (exact) mass is 433 g/mol. The summed E-state index contributed by atoms with van der Waals surface area (Å²) in [5.41, 5.74) is 7.99. The predicted molar refractivity (Wildman–Crippen MR) is 122 cm³/mol. The minimum atomic E-state index is -0.542. The Labute approximate surface area is 182 Å². The Morgan fingerprint density at radius 2 is 1.72 bits per heavy atom. The number of pyridine rings is 1. The molecule has 1 amide bonds. The van der Waals surface area contributed by atoms with Crippen molar-refractivity contribution in [3.8, 4) is 11.3 Å². The van der Waals surface area contributed by atoms with E-state index in [2.05, 4.69) is 34.6 Å². The molecule has 154 valence electrons. The number of nitrogens with one attached hydrogen (secondary N) is 1. The van der Waals surface area contributed by atoms with Crippen molar-refractivity contribution in [3.05, 3.63) is 60.7 Å². The standard InChI is InChI=1S/C22H23N3O2.2ClH/c23-21(16-10-12-27-13-11-16)22(26)25-20-7-3-6-19(24-20)18-9-8-15-4-1-2-5-17(15)14-18;;/h1-9,14,16,21H,10-13,23H2,(H,24,25,26);2*1H. The number of hydrogen-bond acceptors (Lipinski definition) is 4. The number of amides is 1. The Hall–Kier alpha value is -2.18. The van der Waals surface area contributed by atoms with E-state index in [0.29, 0.717) is 19.0 Å². The number of carbonyl (C=O) groups is 1. The minimum Gasteiger partial charge on any atom is -0.381 e. The van der Waals surface area contributed by atoms with E-state index in [4.69, 9.17) is 10.5 Å². The summed E-state index contributed by atoms with van der Waals surface area (Å²) in [5, 5.41) is 5.22. The molecule has 0 spiro atoms. The van der Waals surface area contributed by atoms with Crippen LogP contribution in [0.15, 0.2) is 60.7 Å². The largest absolute Gasteiger partial charge is 0.381 e. The van der Waals surface area contributed by atoms with E-state index in [0.717, 1.165) is 29.5 Å². The lowest BCUT2D eigenvalue weighted by molar-refractivity contribution is -0.119. The Kier molecular flexibility index (Phi) is 8.41. The van der Waals surface area contributed by atoms with Gasteiger partial charge in [0.05, 0.1) is 11.7 Å². The van der Waals surface area contributed by atoms with Gasteiger partial charge in [0.1, 0.15) is 5.82 Å². The molecule has 3 N–H and O–H groups in total. The first-order valence-electron chi connectivity index (χ1n) is 9.31. The highest BCUT2D eigenvalue weighted by Crippen LogP contribution is 2.24. The fraction of sp³-hybridized carbons (Fsp3) is 0.273. The number of aromatic nitrogens is 1. The highest BCUT2D eigenvalue weighted by molar-refractivity contribution is 5.94. The van der Waals surface area contributed by atoms with Crippen LogP contribution in [0.3, 0.4) is 0 Å². The van der Waals surface area contributed by atoms with E-state index in [1.807, 2.05) is 30.3 Å². The van der Waals surface area contributed by atoms with Gasteiger partial charge in [-0.05, 0) is 47.7 Å². The predicted octanol–water partition coefficient (Wildman–Crippen LogP) is 4.44. The summed E-state index contributed by atoms with van der Waals surface area (Å²) < 4.78 is 5.34. The number of hydrogen-bond donors (Lipinski definition) is 2. The second kappa shape index (κ2) is 10.6.